The van der Waals surface area contributed by atoms with E-state index >= 15 is 0 Å². The number of hydrazine groups is 1. The molecule has 2 aromatic carbocycles. The van der Waals surface area contributed by atoms with E-state index in [1.807, 2.05) is 0 Å². The molecule has 0 bridgehead atoms. The molecule has 2 N–H and O–H groups in total. The van der Waals surface area contributed by atoms with E-state index in [0.717, 1.165) is 5.56 Å². The predicted octanol–water partition coefficient (Wildman–Crippen LogP) is 3.04. The summed E-state index contributed by atoms with van der Waals surface area (Å²) in [6.45, 7) is 0. The first-order valence-electron chi connectivity index (χ1n) is 7.16. The monoisotopic (exact) mass is 332 g/mol. The quantitative estimate of drug-likeness (QED) is 0.849. The average Bonchev–Trinajstić information content (AvgIpc) is 3.34. The highest BCUT2D eigenvalue weighted by Crippen LogP contribution is 2.47. The summed E-state index contributed by atoms with van der Waals surface area (Å²) in [7, 11) is 0. The molecule has 4 nitrogen and oxygen atoms in total. The van der Waals surface area contributed by atoms with Gasteiger partial charge >= 0.3 is 0 Å². The molecular weight excluding hydrogens is 319 g/mol. The first kappa shape index (κ1) is 15.5. The van der Waals surface area contributed by atoms with Gasteiger partial charge in [0.2, 0.25) is 5.91 Å². The van der Waals surface area contributed by atoms with E-state index in [0.29, 0.717) is 17.0 Å². The van der Waals surface area contributed by atoms with E-state index < -0.39 is 5.91 Å². The lowest BCUT2D eigenvalue weighted by Gasteiger charge is -2.08. The van der Waals surface area contributed by atoms with E-state index in [-0.39, 0.29) is 23.6 Å². The van der Waals surface area contributed by atoms with Crippen LogP contribution in [0.5, 0.6) is 0 Å². The van der Waals surface area contributed by atoms with Crippen molar-refractivity contribution in [3.05, 3.63) is 70.5 Å². The summed E-state index contributed by atoms with van der Waals surface area (Å²) in [5.41, 5.74) is 5.98. The molecule has 1 saturated carbocycles. The van der Waals surface area contributed by atoms with E-state index in [9.17, 15) is 14.0 Å². The van der Waals surface area contributed by atoms with Crippen molar-refractivity contribution in [1.82, 2.24) is 10.9 Å². The number of halogens is 2. The van der Waals surface area contributed by atoms with Gasteiger partial charge in [0.15, 0.2) is 0 Å². The van der Waals surface area contributed by atoms with Crippen LogP contribution in [-0.4, -0.2) is 11.8 Å². The topological polar surface area (TPSA) is 58.2 Å². The fourth-order valence-electron chi connectivity index (χ4n) is 2.49. The molecule has 2 atom stereocenters. The Labute approximate surface area is 137 Å². The van der Waals surface area contributed by atoms with Crippen molar-refractivity contribution in [3.8, 4) is 0 Å². The van der Waals surface area contributed by atoms with Gasteiger partial charge in [0.25, 0.3) is 5.91 Å². The molecule has 6 heteroatoms. The fraction of sp³-hybridized carbons (Fsp3) is 0.176. The lowest BCUT2D eigenvalue weighted by Crippen LogP contribution is -2.42. The van der Waals surface area contributed by atoms with Crippen LogP contribution in [0.3, 0.4) is 0 Å². The van der Waals surface area contributed by atoms with Crippen LogP contribution >= 0.6 is 11.6 Å². The summed E-state index contributed by atoms with van der Waals surface area (Å²) < 4.78 is 12.9. The highest BCUT2D eigenvalue weighted by Gasteiger charge is 2.44. The molecule has 1 fully saturated rings. The van der Waals surface area contributed by atoms with Crippen molar-refractivity contribution in [2.75, 3.05) is 0 Å². The van der Waals surface area contributed by atoms with Gasteiger partial charge in [-0.1, -0.05) is 35.9 Å². The van der Waals surface area contributed by atoms with Crippen LogP contribution in [0.4, 0.5) is 4.39 Å². The van der Waals surface area contributed by atoms with E-state index in [1.54, 1.807) is 36.4 Å². The van der Waals surface area contributed by atoms with Crippen molar-refractivity contribution in [1.29, 1.82) is 0 Å². The van der Waals surface area contributed by atoms with Crippen LogP contribution in [0.15, 0.2) is 48.5 Å². The maximum Gasteiger partial charge on any atom is 0.271 e. The molecule has 0 heterocycles. The Balaban J connectivity index is 1.54. The Morgan fingerprint density at radius 1 is 1.04 bits per heavy atom. The Morgan fingerprint density at radius 2 is 1.74 bits per heavy atom. The Kier molecular flexibility index (Phi) is 4.30. The van der Waals surface area contributed by atoms with Crippen molar-refractivity contribution in [3.63, 3.8) is 0 Å². The van der Waals surface area contributed by atoms with Crippen LogP contribution < -0.4 is 10.9 Å². The summed E-state index contributed by atoms with van der Waals surface area (Å²) in [5.74, 6) is -1.19. The molecule has 2 aromatic rings. The lowest BCUT2D eigenvalue weighted by molar-refractivity contribution is -0.123. The zero-order chi connectivity index (χ0) is 16.4. The summed E-state index contributed by atoms with van der Waals surface area (Å²) >= 11 is 5.92. The molecule has 0 aromatic heterocycles. The zero-order valence-corrected chi connectivity index (χ0v) is 12.8. The minimum atomic E-state index is -0.470. The van der Waals surface area contributed by atoms with Crippen molar-refractivity contribution in [2.45, 2.75) is 12.3 Å². The molecule has 0 saturated heterocycles. The third-order valence-corrected chi connectivity index (χ3v) is 4.17. The van der Waals surface area contributed by atoms with Gasteiger partial charge < -0.3 is 0 Å². The van der Waals surface area contributed by atoms with Gasteiger partial charge in [-0.15, -0.1) is 0 Å². The van der Waals surface area contributed by atoms with Gasteiger partial charge in [-0.3, -0.25) is 20.4 Å². The van der Waals surface area contributed by atoms with Crippen LogP contribution in [0.1, 0.15) is 28.3 Å². The van der Waals surface area contributed by atoms with Crippen LogP contribution in [0, 0.1) is 11.7 Å². The Hall–Kier alpha value is -2.40. The summed E-state index contributed by atoms with van der Waals surface area (Å²) in [5, 5.41) is 0.315. The van der Waals surface area contributed by atoms with Crippen molar-refractivity contribution in [2.24, 2.45) is 5.92 Å². The van der Waals surface area contributed by atoms with Crippen molar-refractivity contribution < 1.29 is 14.0 Å². The highest BCUT2D eigenvalue weighted by atomic mass is 35.5. The average molecular weight is 333 g/mol. The second-order valence-electron chi connectivity index (χ2n) is 5.42. The van der Waals surface area contributed by atoms with Gasteiger partial charge in [-0.2, -0.15) is 0 Å². The number of nitrogens with one attached hydrogen (secondary N) is 2. The van der Waals surface area contributed by atoms with Crippen LogP contribution in [0.2, 0.25) is 5.02 Å². The summed E-state index contributed by atoms with van der Waals surface area (Å²) in [4.78, 5) is 24.0. The molecule has 118 valence electrons. The predicted molar refractivity (Wildman–Crippen MR) is 84.3 cm³/mol. The molecule has 0 spiro atoms. The second kappa shape index (κ2) is 6.38. The molecule has 23 heavy (non-hydrogen) atoms. The summed E-state index contributed by atoms with van der Waals surface area (Å²) in [6, 6.07) is 12.7. The second-order valence-corrected chi connectivity index (χ2v) is 5.83. The number of benzene rings is 2. The first-order chi connectivity index (χ1) is 11.1. The van der Waals surface area contributed by atoms with Crippen molar-refractivity contribution >= 4 is 23.4 Å². The van der Waals surface area contributed by atoms with Gasteiger partial charge in [0.05, 0.1) is 10.6 Å². The molecule has 2 amide bonds. The van der Waals surface area contributed by atoms with Gasteiger partial charge in [0.1, 0.15) is 5.82 Å². The van der Waals surface area contributed by atoms with Crippen LogP contribution in [-0.2, 0) is 4.79 Å². The highest BCUT2D eigenvalue weighted by molar-refractivity contribution is 6.33. The zero-order valence-electron chi connectivity index (χ0n) is 12.1. The molecule has 0 aliphatic heterocycles. The molecule has 3 rings (SSSR count). The molecule has 2 unspecified atom stereocenters. The smallest absolute Gasteiger partial charge is 0.271 e. The fourth-order valence-corrected chi connectivity index (χ4v) is 2.71. The van der Waals surface area contributed by atoms with Gasteiger partial charge in [-0.25, -0.2) is 4.39 Å². The molecular formula is C17H14ClFN2O2. The Bertz CT molecular complexity index is 749. The number of hydrogen-bond acceptors (Lipinski definition) is 2. The molecule has 1 aliphatic rings. The molecule has 1 aliphatic carbocycles. The maximum atomic E-state index is 12.9. The largest absolute Gasteiger partial charge is 0.273 e. The normalized spacial score (nSPS) is 19.0. The van der Waals surface area contributed by atoms with E-state index in [4.69, 9.17) is 11.6 Å². The number of carbonyl (C=O) groups is 2. The minimum absolute atomic E-state index is 0.0628. The first-order valence-corrected chi connectivity index (χ1v) is 7.54. The number of amides is 2. The number of carbonyl (C=O) groups excluding carboxylic acids is 2. The maximum absolute atomic E-state index is 12.9. The van der Waals surface area contributed by atoms with Crippen LogP contribution in [0.25, 0.3) is 0 Å². The SMILES string of the molecule is O=C(NNC(=O)C1CC1c1ccc(F)cc1)c1ccccc1Cl. The Morgan fingerprint density at radius 3 is 2.43 bits per heavy atom. The number of hydrogen-bond donors (Lipinski definition) is 2. The van der Waals surface area contributed by atoms with Gasteiger partial charge in [-0.05, 0) is 42.2 Å². The molecule has 0 radical (unpaired) electrons. The standard InChI is InChI=1S/C17H14ClFN2O2/c18-15-4-2-1-3-12(15)16(22)20-21-17(23)14-9-13(14)10-5-7-11(19)8-6-10/h1-8,13-14H,9H2,(H,20,22)(H,21,23). The minimum Gasteiger partial charge on any atom is -0.273 e. The third kappa shape index (κ3) is 3.51. The summed E-state index contributed by atoms with van der Waals surface area (Å²) in [6.07, 6.45) is 0.680. The number of rotatable bonds is 3. The van der Waals surface area contributed by atoms with Gasteiger partial charge in [0, 0.05) is 5.92 Å². The van der Waals surface area contributed by atoms with E-state index in [1.165, 1.54) is 12.1 Å². The lowest BCUT2D eigenvalue weighted by atomic mass is 10.1. The third-order valence-electron chi connectivity index (χ3n) is 3.84. The van der Waals surface area contributed by atoms with E-state index in [2.05, 4.69) is 10.9 Å².